The summed E-state index contributed by atoms with van der Waals surface area (Å²) in [5.41, 5.74) is 0.401. The average Bonchev–Trinajstić information content (AvgIpc) is 2.48. The highest BCUT2D eigenvalue weighted by Gasteiger charge is 2.30. The summed E-state index contributed by atoms with van der Waals surface area (Å²) in [4.78, 5) is 12.7. The van der Waals surface area contributed by atoms with Crippen LogP contribution < -0.4 is 14.4 Å². The summed E-state index contributed by atoms with van der Waals surface area (Å²) in [6.07, 6.45) is 0.290. The van der Waals surface area contributed by atoms with Crippen LogP contribution in [0.2, 0.25) is 0 Å². The normalized spacial score (nSPS) is 22.0. The van der Waals surface area contributed by atoms with E-state index in [2.05, 4.69) is 0 Å². The van der Waals surface area contributed by atoms with E-state index in [1.54, 1.807) is 6.07 Å². The number of aliphatic hydroxyl groups excluding tert-OH is 1. The van der Waals surface area contributed by atoms with Crippen molar-refractivity contribution in [3.05, 3.63) is 22.2 Å². The third-order valence-electron chi connectivity index (χ3n) is 3.94. The van der Waals surface area contributed by atoms with Gasteiger partial charge in [0, 0.05) is 19.2 Å². The molecule has 2 rings (SSSR count). The number of β-amino-alcohol motifs (C(OH)–C–C–N with tert-alkyl or cyclic N) is 1. The van der Waals surface area contributed by atoms with E-state index in [1.165, 1.54) is 20.3 Å². The van der Waals surface area contributed by atoms with Crippen LogP contribution in [0.25, 0.3) is 0 Å². The number of nitro benzene ring substituents is 1. The molecule has 0 aromatic heterocycles. The lowest BCUT2D eigenvalue weighted by atomic mass is 9.95. The van der Waals surface area contributed by atoms with Crippen molar-refractivity contribution in [3.63, 3.8) is 0 Å². The monoisotopic (exact) mass is 296 g/mol. The molecule has 2 atom stereocenters. The molecule has 0 aliphatic carbocycles. The number of ether oxygens (including phenoxy) is 2. The molecule has 1 heterocycles. The molecule has 1 aromatic carbocycles. The second-order valence-electron chi connectivity index (χ2n) is 5.23. The summed E-state index contributed by atoms with van der Waals surface area (Å²) >= 11 is 0. The molecule has 7 heteroatoms. The van der Waals surface area contributed by atoms with Crippen molar-refractivity contribution in [1.29, 1.82) is 0 Å². The van der Waals surface area contributed by atoms with Crippen LogP contribution in [0.3, 0.4) is 0 Å². The number of hydrogen-bond acceptors (Lipinski definition) is 6. The van der Waals surface area contributed by atoms with Crippen molar-refractivity contribution in [2.75, 3.05) is 32.2 Å². The molecule has 1 fully saturated rings. The summed E-state index contributed by atoms with van der Waals surface area (Å²) in [7, 11) is 2.92. The molecular weight excluding hydrogens is 276 g/mol. The molecule has 0 amide bonds. The SMILES string of the molecule is COc1cc(N2CCC(C)C(O)C2)c([N+](=O)[O-])cc1OC. The van der Waals surface area contributed by atoms with E-state index < -0.39 is 11.0 Å². The third-order valence-corrected chi connectivity index (χ3v) is 3.94. The van der Waals surface area contributed by atoms with Crippen LogP contribution in [0, 0.1) is 16.0 Å². The van der Waals surface area contributed by atoms with Crippen LogP contribution in [0.4, 0.5) is 11.4 Å². The van der Waals surface area contributed by atoms with Crippen molar-refractivity contribution in [2.45, 2.75) is 19.4 Å². The topological polar surface area (TPSA) is 85.1 Å². The number of piperidine rings is 1. The molecule has 1 aliphatic heterocycles. The van der Waals surface area contributed by atoms with Gasteiger partial charge in [0.25, 0.3) is 5.69 Å². The molecule has 1 saturated heterocycles. The van der Waals surface area contributed by atoms with Crippen molar-refractivity contribution in [2.24, 2.45) is 5.92 Å². The third kappa shape index (κ3) is 3.02. The number of rotatable bonds is 4. The first-order chi connectivity index (χ1) is 9.97. The van der Waals surface area contributed by atoms with Gasteiger partial charge < -0.3 is 19.5 Å². The summed E-state index contributed by atoms with van der Waals surface area (Å²) in [5.74, 6) is 0.950. The molecule has 21 heavy (non-hydrogen) atoms. The van der Waals surface area contributed by atoms with Gasteiger partial charge in [0.1, 0.15) is 5.69 Å². The van der Waals surface area contributed by atoms with Crippen molar-refractivity contribution >= 4 is 11.4 Å². The van der Waals surface area contributed by atoms with Crippen molar-refractivity contribution < 1.29 is 19.5 Å². The zero-order valence-electron chi connectivity index (χ0n) is 12.4. The molecule has 0 spiro atoms. The molecule has 7 nitrogen and oxygen atoms in total. The Morgan fingerprint density at radius 3 is 2.48 bits per heavy atom. The smallest absolute Gasteiger partial charge is 0.296 e. The van der Waals surface area contributed by atoms with Gasteiger partial charge in [0.15, 0.2) is 11.5 Å². The molecule has 2 unspecified atom stereocenters. The van der Waals surface area contributed by atoms with E-state index in [4.69, 9.17) is 9.47 Å². The maximum atomic E-state index is 11.3. The first kappa shape index (κ1) is 15.4. The first-order valence-electron chi connectivity index (χ1n) is 6.81. The summed E-state index contributed by atoms with van der Waals surface area (Å²) < 4.78 is 10.3. The Morgan fingerprint density at radius 1 is 1.33 bits per heavy atom. The van der Waals surface area contributed by atoms with Gasteiger partial charge in [-0.2, -0.15) is 0 Å². The van der Waals surface area contributed by atoms with Gasteiger partial charge in [-0.15, -0.1) is 0 Å². The predicted octanol–water partition coefficient (Wildman–Crippen LogP) is 1.82. The van der Waals surface area contributed by atoms with E-state index in [0.29, 0.717) is 30.3 Å². The lowest BCUT2D eigenvalue weighted by Crippen LogP contribution is -2.43. The van der Waals surface area contributed by atoms with Crippen LogP contribution in [0.1, 0.15) is 13.3 Å². The minimum absolute atomic E-state index is 0.0468. The van der Waals surface area contributed by atoms with Gasteiger partial charge in [0.2, 0.25) is 0 Å². The second-order valence-corrected chi connectivity index (χ2v) is 5.23. The highest BCUT2D eigenvalue weighted by molar-refractivity contribution is 5.70. The summed E-state index contributed by atoms with van der Waals surface area (Å²) in [5, 5.41) is 21.3. The van der Waals surface area contributed by atoms with E-state index in [1.807, 2.05) is 11.8 Å². The molecular formula is C14H20N2O5. The van der Waals surface area contributed by atoms with Crippen molar-refractivity contribution in [1.82, 2.24) is 0 Å². The van der Waals surface area contributed by atoms with Crippen molar-refractivity contribution in [3.8, 4) is 11.5 Å². The van der Waals surface area contributed by atoms with Gasteiger partial charge >= 0.3 is 0 Å². The first-order valence-corrected chi connectivity index (χ1v) is 6.81. The molecule has 0 bridgehead atoms. The molecule has 116 valence electrons. The van der Waals surface area contributed by atoms with E-state index >= 15 is 0 Å². The largest absolute Gasteiger partial charge is 0.493 e. The fourth-order valence-corrected chi connectivity index (χ4v) is 2.52. The molecule has 1 aromatic rings. The van der Waals surface area contributed by atoms with E-state index in [0.717, 1.165) is 6.42 Å². The Hall–Kier alpha value is -2.02. The number of methoxy groups -OCH3 is 2. The number of benzene rings is 1. The second kappa shape index (κ2) is 6.17. The quantitative estimate of drug-likeness (QED) is 0.674. The minimum atomic E-state index is -0.494. The van der Waals surface area contributed by atoms with E-state index in [-0.39, 0.29) is 11.6 Å². The minimum Gasteiger partial charge on any atom is -0.493 e. The summed E-state index contributed by atoms with van der Waals surface area (Å²) in [6, 6.07) is 2.96. The molecule has 0 radical (unpaired) electrons. The van der Waals surface area contributed by atoms with Crippen LogP contribution in [0.15, 0.2) is 12.1 Å². The Labute approximate surface area is 123 Å². The lowest BCUT2D eigenvalue weighted by Gasteiger charge is -2.35. The van der Waals surface area contributed by atoms with Crippen LogP contribution in [0.5, 0.6) is 11.5 Å². The number of anilines is 1. The maximum absolute atomic E-state index is 11.3. The van der Waals surface area contributed by atoms with Gasteiger partial charge in [-0.25, -0.2) is 0 Å². The zero-order chi connectivity index (χ0) is 15.6. The Balaban J connectivity index is 2.43. The number of nitrogens with zero attached hydrogens (tertiary/aromatic N) is 2. The fraction of sp³-hybridized carbons (Fsp3) is 0.571. The van der Waals surface area contributed by atoms with Gasteiger partial charge in [-0.1, -0.05) is 6.92 Å². The van der Waals surface area contributed by atoms with Crippen LogP contribution >= 0.6 is 0 Å². The van der Waals surface area contributed by atoms with Crippen LogP contribution in [-0.2, 0) is 0 Å². The number of aliphatic hydroxyl groups is 1. The van der Waals surface area contributed by atoms with Gasteiger partial charge in [-0.05, 0) is 12.3 Å². The Bertz CT molecular complexity index is 534. The standard InChI is InChI=1S/C14H20N2O5/c1-9-4-5-15(8-12(9)17)10-6-13(20-2)14(21-3)7-11(10)16(18)19/h6-7,9,12,17H,4-5,8H2,1-3H3. The Morgan fingerprint density at radius 2 is 1.95 bits per heavy atom. The number of hydrogen-bond donors (Lipinski definition) is 1. The van der Waals surface area contributed by atoms with Crippen LogP contribution in [-0.4, -0.2) is 43.4 Å². The van der Waals surface area contributed by atoms with Gasteiger partial charge in [0.05, 0.1) is 31.3 Å². The molecule has 1 N–H and O–H groups in total. The molecule has 0 saturated carbocycles. The maximum Gasteiger partial charge on any atom is 0.296 e. The predicted molar refractivity (Wildman–Crippen MR) is 78.2 cm³/mol. The molecule has 1 aliphatic rings. The zero-order valence-corrected chi connectivity index (χ0v) is 12.4. The number of nitro groups is 1. The summed E-state index contributed by atoms with van der Waals surface area (Å²) in [6.45, 7) is 3.01. The Kier molecular flexibility index (Phi) is 4.52. The van der Waals surface area contributed by atoms with Gasteiger partial charge in [-0.3, -0.25) is 10.1 Å². The highest BCUT2D eigenvalue weighted by atomic mass is 16.6. The van der Waals surface area contributed by atoms with E-state index in [9.17, 15) is 15.2 Å². The fourth-order valence-electron chi connectivity index (χ4n) is 2.52. The lowest BCUT2D eigenvalue weighted by molar-refractivity contribution is -0.384. The highest BCUT2D eigenvalue weighted by Crippen LogP contribution is 2.40. The average molecular weight is 296 g/mol.